The lowest BCUT2D eigenvalue weighted by molar-refractivity contribution is -0.161. The molecule has 0 N–H and O–H groups in total. The quantitative estimate of drug-likeness (QED) is 0.517. The molecule has 1 aromatic heterocycles. The van der Waals surface area contributed by atoms with Crippen molar-refractivity contribution in [3.8, 4) is 0 Å². The highest BCUT2D eigenvalue weighted by Gasteiger charge is 2.55. The number of thiophene rings is 1. The molecule has 0 spiro atoms. The number of benzene rings is 1. The standard InChI is InChI=1S/C30H38N2O3S/c1-20-3-5-24(6-4-20)28-25-8-12-36-26(25)7-9-32(28)27(33)19-31(10-11-35-2)29(34)30-16-21-13-22(17-30)15-23(14-21)18-30/h3-6,8,12,21-23,28H,7,9-11,13-19H2,1-2H3. The van der Waals surface area contributed by atoms with E-state index in [-0.39, 0.29) is 29.8 Å². The Balaban J connectivity index is 1.26. The van der Waals surface area contributed by atoms with E-state index in [1.54, 1.807) is 18.4 Å². The predicted molar refractivity (Wildman–Crippen MR) is 142 cm³/mol. The summed E-state index contributed by atoms with van der Waals surface area (Å²) >= 11 is 1.78. The fraction of sp³-hybridized carbons (Fsp3) is 0.600. The molecule has 0 radical (unpaired) electrons. The van der Waals surface area contributed by atoms with E-state index < -0.39 is 0 Å². The van der Waals surface area contributed by atoms with Gasteiger partial charge in [0.05, 0.1) is 24.6 Å². The number of nitrogens with zero attached hydrogens (tertiary/aromatic N) is 2. The number of hydrogen-bond acceptors (Lipinski definition) is 4. The van der Waals surface area contributed by atoms with Crippen molar-refractivity contribution in [3.63, 3.8) is 0 Å². The maximum Gasteiger partial charge on any atom is 0.242 e. The van der Waals surface area contributed by atoms with Crippen LogP contribution in [0.15, 0.2) is 35.7 Å². The molecule has 0 saturated heterocycles. The lowest BCUT2D eigenvalue weighted by atomic mass is 9.49. The summed E-state index contributed by atoms with van der Waals surface area (Å²) in [6, 6.07) is 10.6. The average Bonchev–Trinajstić information content (AvgIpc) is 3.34. The Kier molecular flexibility index (Phi) is 6.45. The smallest absolute Gasteiger partial charge is 0.242 e. The van der Waals surface area contributed by atoms with Crippen molar-refractivity contribution in [2.45, 2.75) is 57.9 Å². The highest BCUT2D eigenvalue weighted by atomic mass is 32.1. The minimum atomic E-state index is -0.248. The van der Waals surface area contributed by atoms with Crippen LogP contribution in [0.5, 0.6) is 0 Å². The van der Waals surface area contributed by atoms with Gasteiger partial charge in [0.1, 0.15) is 0 Å². The molecule has 192 valence electrons. The van der Waals surface area contributed by atoms with E-state index >= 15 is 0 Å². The fourth-order valence-corrected chi connectivity index (χ4v) is 9.01. The number of methoxy groups -OCH3 is 1. The molecule has 4 aliphatic carbocycles. The topological polar surface area (TPSA) is 49.9 Å². The molecule has 2 aromatic rings. The van der Waals surface area contributed by atoms with Crippen molar-refractivity contribution in [1.29, 1.82) is 0 Å². The Morgan fingerprint density at radius 1 is 1.06 bits per heavy atom. The van der Waals surface area contributed by atoms with Gasteiger partial charge >= 0.3 is 0 Å². The molecule has 4 bridgehead atoms. The van der Waals surface area contributed by atoms with Gasteiger partial charge in [-0.1, -0.05) is 29.8 Å². The van der Waals surface area contributed by atoms with Crippen LogP contribution in [0.1, 0.15) is 66.1 Å². The summed E-state index contributed by atoms with van der Waals surface area (Å²) in [4.78, 5) is 33.4. The van der Waals surface area contributed by atoms with Crippen LogP contribution in [0.25, 0.3) is 0 Å². The lowest BCUT2D eigenvalue weighted by Crippen LogP contribution is -2.56. The molecule has 6 heteroatoms. The van der Waals surface area contributed by atoms with Gasteiger partial charge in [0.2, 0.25) is 11.8 Å². The molecular formula is C30H38N2O3S. The van der Waals surface area contributed by atoms with Gasteiger partial charge in [-0.3, -0.25) is 9.59 Å². The summed E-state index contributed by atoms with van der Waals surface area (Å²) in [7, 11) is 1.67. The maximum absolute atomic E-state index is 14.2. The zero-order valence-corrected chi connectivity index (χ0v) is 22.4. The van der Waals surface area contributed by atoms with E-state index in [9.17, 15) is 9.59 Å². The Hall–Kier alpha value is -2.18. The molecule has 2 heterocycles. The van der Waals surface area contributed by atoms with Gasteiger partial charge in [0.25, 0.3) is 0 Å². The second kappa shape index (κ2) is 9.60. The Bertz CT molecular complexity index is 1090. The zero-order valence-electron chi connectivity index (χ0n) is 21.6. The molecule has 1 aromatic carbocycles. The first kappa shape index (κ1) is 24.2. The normalized spacial score (nSPS) is 30.3. The van der Waals surface area contributed by atoms with E-state index in [1.807, 2.05) is 9.80 Å². The van der Waals surface area contributed by atoms with E-state index in [0.717, 1.165) is 31.2 Å². The van der Waals surface area contributed by atoms with Gasteiger partial charge in [-0.25, -0.2) is 0 Å². The molecule has 4 fully saturated rings. The first-order valence-electron chi connectivity index (χ1n) is 13.7. The highest BCUT2D eigenvalue weighted by molar-refractivity contribution is 7.10. The maximum atomic E-state index is 14.2. The first-order chi connectivity index (χ1) is 17.5. The Labute approximate surface area is 218 Å². The Morgan fingerprint density at radius 3 is 2.36 bits per heavy atom. The molecule has 1 aliphatic heterocycles. The van der Waals surface area contributed by atoms with Crippen LogP contribution in [-0.2, 0) is 20.7 Å². The van der Waals surface area contributed by atoms with Gasteiger partial charge in [0.15, 0.2) is 0 Å². The van der Waals surface area contributed by atoms with Crippen molar-refractivity contribution >= 4 is 23.2 Å². The van der Waals surface area contributed by atoms with E-state index in [4.69, 9.17) is 4.74 Å². The third kappa shape index (κ3) is 4.30. The molecule has 5 aliphatic rings. The van der Waals surface area contributed by atoms with Crippen LogP contribution < -0.4 is 0 Å². The summed E-state index contributed by atoms with van der Waals surface area (Å²) in [5, 5.41) is 2.14. The van der Waals surface area contributed by atoms with Gasteiger partial charge < -0.3 is 14.5 Å². The van der Waals surface area contributed by atoms with Crippen molar-refractivity contribution < 1.29 is 14.3 Å². The van der Waals surface area contributed by atoms with Crippen LogP contribution >= 0.6 is 11.3 Å². The van der Waals surface area contributed by atoms with E-state index in [1.165, 1.54) is 35.3 Å². The van der Waals surface area contributed by atoms with Crippen molar-refractivity contribution in [1.82, 2.24) is 9.80 Å². The second-order valence-corrected chi connectivity index (χ2v) is 12.9. The van der Waals surface area contributed by atoms with Crippen molar-refractivity contribution in [2.75, 3.05) is 33.4 Å². The summed E-state index contributed by atoms with van der Waals surface area (Å²) in [5.74, 6) is 2.36. The number of amides is 2. The SMILES string of the molecule is COCCN(CC(=O)N1CCc2sccc2C1c1ccc(C)cc1)C(=O)C12CC3CC(CC(C3)C1)C2. The molecule has 1 unspecified atom stereocenters. The monoisotopic (exact) mass is 506 g/mol. The molecule has 1 atom stereocenters. The Morgan fingerprint density at radius 2 is 1.72 bits per heavy atom. The van der Waals surface area contributed by atoms with E-state index in [2.05, 4.69) is 42.6 Å². The summed E-state index contributed by atoms with van der Waals surface area (Å²) in [6.07, 6.45) is 7.84. The fourth-order valence-electron chi connectivity index (χ4n) is 8.11. The van der Waals surface area contributed by atoms with Crippen LogP contribution in [0, 0.1) is 30.1 Å². The number of aryl methyl sites for hydroxylation is 1. The van der Waals surface area contributed by atoms with Crippen molar-refractivity contribution in [3.05, 3.63) is 57.3 Å². The first-order valence-corrected chi connectivity index (χ1v) is 14.5. The molecular weight excluding hydrogens is 468 g/mol. The molecule has 5 nitrogen and oxygen atoms in total. The van der Waals surface area contributed by atoms with Gasteiger partial charge in [-0.2, -0.15) is 0 Å². The number of hydrogen-bond donors (Lipinski definition) is 0. The van der Waals surface area contributed by atoms with Crippen LogP contribution in [0.4, 0.5) is 0 Å². The highest BCUT2D eigenvalue weighted by Crippen LogP contribution is 2.60. The largest absolute Gasteiger partial charge is 0.383 e. The van der Waals surface area contributed by atoms with Crippen LogP contribution in [-0.4, -0.2) is 55.0 Å². The average molecular weight is 507 g/mol. The lowest BCUT2D eigenvalue weighted by Gasteiger charge is -2.56. The number of carbonyl (C=O) groups is 2. The van der Waals surface area contributed by atoms with Crippen molar-refractivity contribution in [2.24, 2.45) is 23.2 Å². The van der Waals surface area contributed by atoms with Gasteiger partial charge in [0, 0.05) is 25.1 Å². The minimum absolute atomic E-state index is 0.0478. The summed E-state index contributed by atoms with van der Waals surface area (Å²) in [6.45, 7) is 3.87. The number of ether oxygens (including phenoxy) is 1. The summed E-state index contributed by atoms with van der Waals surface area (Å²) < 4.78 is 5.39. The summed E-state index contributed by atoms with van der Waals surface area (Å²) in [5.41, 5.74) is 3.34. The second-order valence-electron chi connectivity index (χ2n) is 11.9. The molecule has 4 saturated carbocycles. The van der Waals surface area contributed by atoms with E-state index in [0.29, 0.717) is 37.5 Å². The van der Waals surface area contributed by atoms with Gasteiger partial charge in [-0.15, -0.1) is 11.3 Å². The van der Waals surface area contributed by atoms with Crippen LogP contribution in [0.3, 0.4) is 0 Å². The zero-order chi connectivity index (χ0) is 24.9. The molecule has 2 amide bonds. The number of carbonyl (C=O) groups excluding carboxylic acids is 2. The third-order valence-corrected chi connectivity index (χ3v) is 10.3. The number of fused-ring (bicyclic) bond motifs is 1. The molecule has 36 heavy (non-hydrogen) atoms. The number of rotatable bonds is 7. The van der Waals surface area contributed by atoms with Crippen LogP contribution in [0.2, 0.25) is 0 Å². The predicted octanol–water partition coefficient (Wildman–Crippen LogP) is 5.22. The molecule has 7 rings (SSSR count). The minimum Gasteiger partial charge on any atom is -0.383 e. The van der Waals surface area contributed by atoms with Gasteiger partial charge in [-0.05, 0) is 92.2 Å². The third-order valence-electron chi connectivity index (χ3n) is 9.35.